The van der Waals surface area contributed by atoms with Crippen molar-refractivity contribution in [1.29, 1.82) is 0 Å². The summed E-state index contributed by atoms with van der Waals surface area (Å²) in [6, 6.07) is 15.8. The first-order chi connectivity index (χ1) is 12.1. The molecule has 0 fully saturated rings. The third-order valence-corrected chi connectivity index (χ3v) is 5.63. The van der Waals surface area contributed by atoms with Gasteiger partial charge in [-0.25, -0.2) is 4.79 Å². The molecule has 0 radical (unpaired) electrons. The van der Waals surface area contributed by atoms with Crippen LogP contribution >= 0.6 is 0 Å². The fourth-order valence-electron chi connectivity index (χ4n) is 4.43. The number of hydrogen-bond acceptors (Lipinski definition) is 2. The molecule has 3 heteroatoms. The number of benzene rings is 2. The molecule has 3 nitrogen and oxygen atoms in total. The van der Waals surface area contributed by atoms with E-state index in [0.717, 1.165) is 31.2 Å². The second kappa shape index (κ2) is 5.99. The zero-order valence-corrected chi connectivity index (χ0v) is 14.0. The molecule has 0 heterocycles. The lowest BCUT2D eigenvalue weighted by Gasteiger charge is -2.44. The van der Waals surface area contributed by atoms with Crippen molar-refractivity contribution in [1.82, 2.24) is 0 Å². The van der Waals surface area contributed by atoms with Crippen molar-refractivity contribution in [2.45, 2.75) is 37.5 Å². The predicted octanol–water partition coefficient (Wildman–Crippen LogP) is 4.10. The molecule has 0 saturated heterocycles. The molecule has 2 aliphatic carbocycles. The van der Waals surface area contributed by atoms with E-state index in [2.05, 4.69) is 12.1 Å². The summed E-state index contributed by atoms with van der Waals surface area (Å²) >= 11 is 0. The smallest absolute Gasteiger partial charge is 0.335 e. The summed E-state index contributed by atoms with van der Waals surface area (Å²) in [5.41, 5.74) is 4.93. The molecule has 0 aromatic heterocycles. The third-order valence-electron chi connectivity index (χ3n) is 5.63. The molecule has 2 aromatic carbocycles. The molecule has 25 heavy (non-hydrogen) atoms. The van der Waals surface area contributed by atoms with Crippen LogP contribution in [0.25, 0.3) is 0 Å². The number of aryl methyl sites for hydroxylation is 1. The largest absolute Gasteiger partial charge is 0.478 e. The lowest BCUT2D eigenvalue weighted by molar-refractivity contribution is -0.115. The number of allylic oxidation sites excluding steroid dienone is 2. The minimum Gasteiger partial charge on any atom is -0.478 e. The van der Waals surface area contributed by atoms with Crippen LogP contribution in [0.15, 0.2) is 60.2 Å². The number of rotatable bonds is 3. The molecule has 126 valence electrons. The second-order valence-corrected chi connectivity index (χ2v) is 7.06. The number of hydrogen-bond donors (Lipinski definition) is 1. The SMILES string of the molecule is O=C1C=C2CCc3cc(C(=O)O)ccc3C2(Cc2ccccc2)CC1. The van der Waals surface area contributed by atoms with Gasteiger partial charge in [-0.3, -0.25) is 4.79 Å². The molecule has 1 atom stereocenters. The molecule has 0 spiro atoms. The number of carboxylic acids is 1. The van der Waals surface area contributed by atoms with E-state index in [9.17, 15) is 14.7 Å². The van der Waals surface area contributed by atoms with Crippen LogP contribution in [0.4, 0.5) is 0 Å². The Kier molecular flexibility index (Phi) is 3.79. The van der Waals surface area contributed by atoms with Crippen molar-refractivity contribution in [2.75, 3.05) is 0 Å². The maximum absolute atomic E-state index is 12.0. The zero-order chi connectivity index (χ0) is 17.4. The van der Waals surface area contributed by atoms with Gasteiger partial charge in [0.15, 0.2) is 5.78 Å². The van der Waals surface area contributed by atoms with Crippen LogP contribution in [-0.4, -0.2) is 16.9 Å². The Morgan fingerprint density at radius 3 is 2.60 bits per heavy atom. The summed E-state index contributed by atoms with van der Waals surface area (Å²) in [6.07, 6.45) is 5.68. The molecule has 0 saturated carbocycles. The number of aromatic carboxylic acids is 1. The summed E-state index contributed by atoms with van der Waals surface area (Å²) in [5, 5.41) is 9.30. The zero-order valence-electron chi connectivity index (χ0n) is 14.0. The quantitative estimate of drug-likeness (QED) is 0.920. The summed E-state index contributed by atoms with van der Waals surface area (Å²) in [6.45, 7) is 0. The average molecular weight is 332 g/mol. The molecule has 1 unspecified atom stereocenters. The predicted molar refractivity (Wildman–Crippen MR) is 95.9 cm³/mol. The second-order valence-electron chi connectivity index (χ2n) is 7.06. The van der Waals surface area contributed by atoms with Crippen molar-refractivity contribution in [2.24, 2.45) is 0 Å². The van der Waals surface area contributed by atoms with Crippen LogP contribution in [0.1, 0.15) is 46.3 Å². The van der Waals surface area contributed by atoms with Crippen LogP contribution < -0.4 is 0 Å². The molecule has 2 aliphatic rings. The number of fused-ring (bicyclic) bond motifs is 3. The first-order valence-electron chi connectivity index (χ1n) is 8.73. The summed E-state index contributed by atoms with van der Waals surface area (Å²) in [5.74, 6) is -0.677. The van der Waals surface area contributed by atoms with Crippen LogP contribution in [0.2, 0.25) is 0 Å². The summed E-state index contributed by atoms with van der Waals surface area (Å²) in [4.78, 5) is 23.3. The van der Waals surface area contributed by atoms with Crippen molar-refractivity contribution in [3.8, 4) is 0 Å². The topological polar surface area (TPSA) is 54.4 Å². The maximum atomic E-state index is 12.0. The summed E-state index contributed by atoms with van der Waals surface area (Å²) < 4.78 is 0. The first kappa shape index (κ1) is 15.8. The van der Waals surface area contributed by atoms with E-state index in [1.165, 1.54) is 16.7 Å². The van der Waals surface area contributed by atoms with Crippen molar-refractivity contribution >= 4 is 11.8 Å². The Bertz CT molecular complexity index is 879. The Hall–Kier alpha value is -2.68. The Balaban J connectivity index is 1.86. The third kappa shape index (κ3) is 2.70. The molecular weight excluding hydrogens is 312 g/mol. The van der Waals surface area contributed by atoms with E-state index >= 15 is 0 Å². The van der Waals surface area contributed by atoms with Gasteiger partial charge >= 0.3 is 5.97 Å². The van der Waals surface area contributed by atoms with E-state index in [1.54, 1.807) is 6.07 Å². The number of ketones is 1. The van der Waals surface area contributed by atoms with E-state index in [4.69, 9.17) is 0 Å². The van der Waals surface area contributed by atoms with Gasteiger partial charge in [-0.05, 0) is 60.6 Å². The minimum atomic E-state index is -0.889. The highest BCUT2D eigenvalue weighted by Gasteiger charge is 2.42. The fourth-order valence-corrected chi connectivity index (χ4v) is 4.43. The number of carboxylic acid groups (broad SMARTS) is 1. The monoisotopic (exact) mass is 332 g/mol. The van der Waals surface area contributed by atoms with Gasteiger partial charge in [-0.2, -0.15) is 0 Å². The highest BCUT2D eigenvalue weighted by atomic mass is 16.4. The molecule has 1 N–H and O–H groups in total. The average Bonchev–Trinajstić information content (AvgIpc) is 2.62. The number of carbonyl (C=O) groups is 2. The van der Waals surface area contributed by atoms with Gasteiger partial charge in [0, 0.05) is 11.8 Å². The Labute approximate surface area is 147 Å². The molecule has 0 amide bonds. The lowest BCUT2D eigenvalue weighted by atomic mass is 9.59. The van der Waals surface area contributed by atoms with Crippen LogP contribution in [0.5, 0.6) is 0 Å². The van der Waals surface area contributed by atoms with Gasteiger partial charge in [0.05, 0.1) is 5.56 Å². The Morgan fingerprint density at radius 1 is 1.04 bits per heavy atom. The molecule has 2 aromatic rings. The number of carbonyl (C=O) groups excluding carboxylic acids is 1. The van der Waals surface area contributed by atoms with Gasteiger partial charge in [0.1, 0.15) is 0 Å². The van der Waals surface area contributed by atoms with E-state index in [0.29, 0.717) is 12.0 Å². The van der Waals surface area contributed by atoms with E-state index < -0.39 is 5.97 Å². The highest BCUT2D eigenvalue weighted by Crippen LogP contribution is 2.49. The van der Waals surface area contributed by atoms with Crippen LogP contribution in [0.3, 0.4) is 0 Å². The van der Waals surface area contributed by atoms with E-state index in [1.807, 2.05) is 36.4 Å². The molecular formula is C22H20O3. The van der Waals surface area contributed by atoms with Gasteiger partial charge in [0.25, 0.3) is 0 Å². The van der Waals surface area contributed by atoms with Gasteiger partial charge in [0.2, 0.25) is 0 Å². The van der Waals surface area contributed by atoms with Gasteiger partial charge in [-0.1, -0.05) is 42.0 Å². The van der Waals surface area contributed by atoms with Crippen molar-refractivity contribution in [3.05, 3.63) is 82.4 Å². The summed E-state index contributed by atoms with van der Waals surface area (Å²) in [7, 11) is 0. The van der Waals surface area contributed by atoms with Crippen LogP contribution in [0, 0.1) is 0 Å². The molecule has 4 rings (SSSR count). The highest BCUT2D eigenvalue weighted by molar-refractivity contribution is 5.92. The van der Waals surface area contributed by atoms with Gasteiger partial charge in [-0.15, -0.1) is 0 Å². The van der Waals surface area contributed by atoms with E-state index in [-0.39, 0.29) is 11.2 Å². The lowest BCUT2D eigenvalue weighted by Crippen LogP contribution is -2.39. The molecule has 0 bridgehead atoms. The normalized spacial score (nSPS) is 21.9. The first-order valence-corrected chi connectivity index (χ1v) is 8.73. The standard InChI is InChI=1S/C22H20O3/c23-19-10-11-22(14-15-4-2-1-3-5-15)18(13-19)8-6-16-12-17(21(24)25)7-9-20(16)22/h1-5,7,9,12-13H,6,8,10-11,14H2,(H,24,25). The maximum Gasteiger partial charge on any atom is 0.335 e. The Morgan fingerprint density at radius 2 is 1.84 bits per heavy atom. The molecule has 0 aliphatic heterocycles. The fraction of sp³-hybridized carbons (Fsp3) is 0.273. The van der Waals surface area contributed by atoms with Crippen LogP contribution in [-0.2, 0) is 23.1 Å². The minimum absolute atomic E-state index is 0.181. The van der Waals surface area contributed by atoms with Gasteiger partial charge < -0.3 is 5.11 Å². The van der Waals surface area contributed by atoms with Crippen molar-refractivity contribution in [3.63, 3.8) is 0 Å². The van der Waals surface area contributed by atoms with Crippen molar-refractivity contribution < 1.29 is 14.7 Å².